The number of rotatable bonds is 9. The molecule has 43 heavy (non-hydrogen) atoms. The van der Waals surface area contributed by atoms with Gasteiger partial charge in [0.05, 0.1) is 35.0 Å². The Balaban J connectivity index is 1.44. The van der Waals surface area contributed by atoms with E-state index in [1.807, 2.05) is 104 Å². The smallest absolute Gasteiger partial charge is 0.280 e. The minimum Gasteiger partial charge on any atom is -0.494 e. The zero-order chi connectivity index (χ0) is 29.8. The summed E-state index contributed by atoms with van der Waals surface area (Å²) in [5.41, 5.74) is 7.73. The Morgan fingerprint density at radius 3 is 2.23 bits per heavy atom. The van der Waals surface area contributed by atoms with Crippen LogP contribution in [0.1, 0.15) is 23.6 Å². The SMILES string of the molecule is CCOc1ccc(-c2nn(-c3ccccc3)cc2C=C2C(=O)N(c3ccccc3)N=C2CSc2ccc(C)cc2)cc1C. The third-order valence-electron chi connectivity index (χ3n) is 7.16. The van der Waals surface area contributed by atoms with E-state index in [-0.39, 0.29) is 5.91 Å². The second-order valence-electron chi connectivity index (χ2n) is 10.3. The third-order valence-corrected chi connectivity index (χ3v) is 8.19. The van der Waals surface area contributed by atoms with Crippen molar-refractivity contribution in [3.8, 4) is 22.7 Å². The molecule has 0 saturated carbocycles. The van der Waals surface area contributed by atoms with E-state index in [0.29, 0.717) is 17.9 Å². The topological polar surface area (TPSA) is 59.7 Å². The van der Waals surface area contributed by atoms with Crippen molar-refractivity contribution < 1.29 is 9.53 Å². The number of carbonyl (C=O) groups is 1. The Hall–Kier alpha value is -4.88. The first-order valence-corrected chi connectivity index (χ1v) is 15.3. The number of amides is 1. The highest BCUT2D eigenvalue weighted by Crippen LogP contribution is 2.33. The van der Waals surface area contributed by atoms with Crippen LogP contribution in [0.2, 0.25) is 0 Å². The van der Waals surface area contributed by atoms with Crippen molar-refractivity contribution in [2.24, 2.45) is 5.10 Å². The van der Waals surface area contributed by atoms with Crippen LogP contribution in [-0.4, -0.2) is 33.8 Å². The molecule has 4 aromatic carbocycles. The summed E-state index contributed by atoms with van der Waals surface area (Å²) in [6.45, 7) is 6.69. The van der Waals surface area contributed by atoms with Crippen molar-refractivity contribution >= 4 is 35.1 Å². The van der Waals surface area contributed by atoms with E-state index >= 15 is 0 Å². The number of thioether (sulfide) groups is 1. The van der Waals surface area contributed by atoms with Crippen LogP contribution in [-0.2, 0) is 4.79 Å². The van der Waals surface area contributed by atoms with Crippen LogP contribution in [0.5, 0.6) is 5.75 Å². The summed E-state index contributed by atoms with van der Waals surface area (Å²) in [5.74, 6) is 1.24. The van der Waals surface area contributed by atoms with E-state index in [9.17, 15) is 4.79 Å². The number of hydrazone groups is 1. The van der Waals surface area contributed by atoms with Crippen LogP contribution in [0.4, 0.5) is 5.69 Å². The van der Waals surface area contributed by atoms with Gasteiger partial charge in [-0.3, -0.25) is 4.79 Å². The van der Waals surface area contributed by atoms with Crippen molar-refractivity contribution in [2.45, 2.75) is 25.7 Å². The maximum atomic E-state index is 14.0. The number of nitrogens with zero attached hydrogens (tertiary/aromatic N) is 4. The van der Waals surface area contributed by atoms with Gasteiger partial charge in [0.25, 0.3) is 5.91 Å². The average molecular weight is 585 g/mol. The molecule has 1 amide bonds. The molecule has 0 saturated heterocycles. The van der Waals surface area contributed by atoms with E-state index in [0.717, 1.165) is 50.1 Å². The predicted molar refractivity (Wildman–Crippen MR) is 176 cm³/mol. The molecule has 2 heterocycles. The summed E-state index contributed by atoms with van der Waals surface area (Å²) >= 11 is 1.67. The Kier molecular flexibility index (Phi) is 8.24. The lowest BCUT2D eigenvalue weighted by Gasteiger charge is -2.11. The zero-order valence-corrected chi connectivity index (χ0v) is 25.2. The van der Waals surface area contributed by atoms with Crippen LogP contribution >= 0.6 is 11.8 Å². The van der Waals surface area contributed by atoms with Gasteiger partial charge in [0.15, 0.2) is 0 Å². The van der Waals surface area contributed by atoms with Crippen LogP contribution < -0.4 is 9.75 Å². The fourth-order valence-corrected chi connectivity index (χ4v) is 5.78. The standard InChI is InChI=1S/C36H32N4O2S/c1-4-42-34-20-17-27(21-26(34)3)35-28(23-39(38-35)29-11-7-5-8-12-29)22-32-33(24-43-31-18-15-25(2)16-19-31)37-40(36(32)41)30-13-9-6-10-14-30/h5-23H,4,24H2,1-3H3. The Labute approximate surface area is 256 Å². The summed E-state index contributed by atoms with van der Waals surface area (Å²) in [6.07, 6.45) is 3.92. The first-order chi connectivity index (χ1) is 21.0. The van der Waals surface area contributed by atoms with Crippen LogP contribution in [0, 0.1) is 13.8 Å². The number of benzene rings is 4. The molecule has 0 bridgehead atoms. The number of aromatic nitrogens is 2. The molecule has 0 atom stereocenters. The van der Waals surface area contributed by atoms with Gasteiger partial charge in [-0.15, -0.1) is 11.8 Å². The molecule has 1 aromatic heterocycles. The van der Waals surface area contributed by atoms with Gasteiger partial charge in [0.2, 0.25) is 0 Å². The van der Waals surface area contributed by atoms with Gasteiger partial charge in [-0.05, 0) is 87.0 Å². The van der Waals surface area contributed by atoms with Gasteiger partial charge in [-0.25, -0.2) is 4.68 Å². The molecule has 7 heteroatoms. The Morgan fingerprint density at radius 1 is 0.860 bits per heavy atom. The monoisotopic (exact) mass is 584 g/mol. The number of anilines is 1. The first kappa shape index (κ1) is 28.2. The molecule has 1 aliphatic heterocycles. The van der Waals surface area contributed by atoms with Crippen molar-refractivity contribution in [3.05, 3.63) is 132 Å². The number of ether oxygens (including phenoxy) is 1. The minimum absolute atomic E-state index is 0.160. The van der Waals surface area contributed by atoms with Gasteiger partial charge in [-0.1, -0.05) is 54.1 Å². The molecule has 0 N–H and O–H groups in total. The predicted octanol–water partition coefficient (Wildman–Crippen LogP) is 8.13. The highest BCUT2D eigenvalue weighted by molar-refractivity contribution is 8.00. The molecule has 0 fully saturated rings. The molecule has 0 aliphatic carbocycles. The molecule has 6 nitrogen and oxygen atoms in total. The maximum absolute atomic E-state index is 14.0. The maximum Gasteiger partial charge on any atom is 0.280 e. The fourth-order valence-electron chi connectivity index (χ4n) is 4.94. The van der Waals surface area contributed by atoms with Crippen molar-refractivity contribution in [1.29, 1.82) is 0 Å². The van der Waals surface area contributed by atoms with Gasteiger partial charge in [-0.2, -0.15) is 15.2 Å². The summed E-state index contributed by atoms with van der Waals surface area (Å²) in [6, 6.07) is 34.0. The van der Waals surface area contributed by atoms with Gasteiger partial charge in [0, 0.05) is 28.0 Å². The summed E-state index contributed by atoms with van der Waals surface area (Å²) in [7, 11) is 0. The molecular formula is C36H32N4O2S. The second-order valence-corrected chi connectivity index (χ2v) is 11.3. The molecule has 0 radical (unpaired) electrons. The zero-order valence-electron chi connectivity index (χ0n) is 24.4. The van der Waals surface area contributed by atoms with Crippen LogP contribution in [0.15, 0.2) is 125 Å². The van der Waals surface area contributed by atoms with E-state index in [1.165, 1.54) is 10.6 Å². The highest BCUT2D eigenvalue weighted by atomic mass is 32.2. The van der Waals surface area contributed by atoms with Crippen molar-refractivity contribution in [3.63, 3.8) is 0 Å². The Bertz CT molecular complexity index is 1810. The molecule has 0 spiro atoms. The number of hydrogen-bond acceptors (Lipinski definition) is 5. The van der Waals surface area contributed by atoms with E-state index < -0.39 is 0 Å². The number of hydrogen-bond donors (Lipinski definition) is 0. The van der Waals surface area contributed by atoms with Gasteiger partial charge in [0.1, 0.15) is 5.75 Å². The fraction of sp³-hybridized carbons (Fsp3) is 0.139. The molecule has 1 aliphatic rings. The van der Waals surface area contributed by atoms with E-state index in [4.69, 9.17) is 14.9 Å². The molecule has 6 rings (SSSR count). The largest absolute Gasteiger partial charge is 0.494 e. The lowest BCUT2D eigenvalue weighted by Crippen LogP contribution is -2.21. The summed E-state index contributed by atoms with van der Waals surface area (Å²) in [5, 5.41) is 11.3. The van der Waals surface area contributed by atoms with E-state index in [2.05, 4.69) is 37.3 Å². The molecule has 0 unspecified atom stereocenters. The van der Waals surface area contributed by atoms with Crippen molar-refractivity contribution in [1.82, 2.24) is 9.78 Å². The quantitative estimate of drug-likeness (QED) is 0.130. The average Bonchev–Trinajstić information content (AvgIpc) is 3.60. The number of para-hydroxylation sites is 2. The lowest BCUT2D eigenvalue weighted by atomic mass is 10.0. The van der Waals surface area contributed by atoms with E-state index in [1.54, 1.807) is 11.8 Å². The van der Waals surface area contributed by atoms with Crippen LogP contribution in [0.3, 0.4) is 0 Å². The lowest BCUT2D eigenvalue weighted by molar-refractivity contribution is -0.114. The summed E-state index contributed by atoms with van der Waals surface area (Å²) < 4.78 is 7.65. The molecular weight excluding hydrogens is 552 g/mol. The number of aryl methyl sites for hydroxylation is 2. The van der Waals surface area contributed by atoms with Crippen molar-refractivity contribution in [2.75, 3.05) is 17.4 Å². The summed E-state index contributed by atoms with van der Waals surface area (Å²) in [4.78, 5) is 15.1. The second kappa shape index (κ2) is 12.5. The third kappa shape index (κ3) is 6.17. The first-order valence-electron chi connectivity index (χ1n) is 14.3. The minimum atomic E-state index is -0.160. The van der Waals surface area contributed by atoms with Gasteiger partial charge < -0.3 is 4.74 Å². The van der Waals surface area contributed by atoms with Gasteiger partial charge >= 0.3 is 0 Å². The Morgan fingerprint density at radius 2 is 1.56 bits per heavy atom. The molecule has 5 aromatic rings. The highest BCUT2D eigenvalue weighted by Gasteiger charge is 2.31. The van der Waals surface area contributed by atoms with Crippen LogP contribution in [0.25, 0.3) is 23.0 Å². The normalized spacial score (nSPS) is 13.9. The molecule has 214 valence electrons. The number of carbonyl (C=O) groups excluding carboxylic acids is 1.